The van der Waals surface area contributed by atoms with E-state index in [9.17, 15) is 5.11 Å². The molecule has 0 heterocycles. The van der Waals surface area contributed by atoms with E-state index in [-0.39, 0.29) is 6.61 Å². The monoisotopic (exact) mass is 340 g/mol. The van der Waals surface area contributed by atoms with E-state index in [2.05, 4.69) is 19.1 Å². The number of aryl methyl sites for hydroxylation is 1. The van der Waals surface area contributed by atoms with Crippen LogP contribution < -0.4 is 4.74 Å². The highest BCUT2D eigenvalue weighted by Gasteiger charge is 2.05. The molecule has 0 unspecified atom stereocenters. The van der Waals surface area contributed by atoms with Crippen LogP contribution in [0, 0.1) is 0 Å². The highest BCUT2D eigenvalue weighted by molar-refractivity contribution is 5.37. The second kappa shape index (κ2) is 11.7. The highest BCUT2D eigenvalue weighted by atomic mass is 16.5. The first-order valence-electron chi connectivity index (χ1n) is 9.73. The van der Waals surface area contributed by atoms with Gasteiger partial charge in [-0.05, 0) is 36.1 Å². The Morgan fingerprint density at radius 3 is 2.24 bits per heavy atom. The van der Waals surface area contributed by atoms with E-state index in [4.69, 9.17) is 4.74 Å². The van der Waals surface area contributed by atoms with E-state index >= 15 is 0 Å². The number of benzene rings is 2. The van der Waals surface area contributed by atoms with Gasteiger partial charge >= 0.3 is 0 Å². The van der Waals surface area contributed by atoms with Gasteiger partial charge in [-0.2, -0.15) is 0 Å². The van der Waals surface area contributed by atoms with Gasteiger partial charge in [0.1, 0.15) is 12.4 Å². The largest absolute Gasteiger partial charge is 0.489 e. The molecule has 0 saturated heterocycles. The first-order chi connectivity index (χ1) is 12.3. The van der Waals surface area contributed by atoms with Crippen LogP contribution in [0.2, 0.25) is 0 Å². The molecule has 0 amide bonds. The summed E-state index contributed by atoms with van der Waals surface area (Å²) in [5, 5.41) is 9.65. The predicted octanol–water partition coefficient (Wildman–Crippen LogP) is 6.05. The third-order valence-electron chi connectivity index (χ3n) is 4.60. The van der Waals surface area contributed by atoms with Crippen molar-refractivity contribution in [2.24, 2.45) is 0 Å². The summed E-state index contributed by atoms with van der Waals surface area (Å²) in [5.74, 6) is 0.787. The zero-order chi connectivity index (χ0) is 17.7. The Morgan fingerprint density at radius 2 is 1.52 bits per heavy atom. The van der Waals surface area contributed by atoms with Crippen molar-refractivity contribution in [3.05, 3.63) is 65.2 Å². The zero-order valence-corrected chi connectivity index (χ0v) is 15.5. The average molecular weight is 341 g/mol. The third kappa shape index (κ3) is 7.31. The van der Waals surface area contributed by atoms with Crippen LogP contribution in [0.5, 0.6) is 5.75 Å². The molecule has 0 bridgehead atoms. The quantitative estimate of drug-likeness (QED) is 0.476. The topological polar surface area (TPSA) is 29.5 Å². The van der Waals surface area contributed by atoms with Gasteiger partial charge in [0.25, 0.3) is 0 Å². The molecular formula is C23H32O2. The molecule has 0 aromatic heterocycles. The summed E-state index contributed by atoms with van der Waals surface area (Å²) in [4.78, 5) is 0. The summed E-state index contributed by atoms with van der Waals surface area (Å²) in [6, 6.07) is 16.4. The van der Waals surface area contributed by atoms with Gasteiger partial charge < -0.3 is 9.84 Å². The maximum Gasteiger partial charge on any atom is 0.125 e. The summed E-state index contributed by atoms with van der Waals surface area (Å²) < 4.78 is 5.89. The Balaban J connectivity index is 1.78. The Morgan fingerprint density at radius 1 is 0.800 bits per heavy atom. The van der Waals surface area contributed by atoms with Gasteiger partial charge in [0.15, 0.2) is 0 Å². The number of hydrogen-bond acceptors (Lipinski definition) is 2. The molecule has 0 spiro atoms. The standard InChI is InChI=1S/C23H32O2/c1-2-3-4-5-6-7-9-12-20-15-16-23(22(17-20)18-24)25-19-21-13-10-8-11-14-21/h8,10-11,13-17,24H,2-7,9,12,18-19H2,1H3. The molecule has 2 rings (SSSR count). The van der Waals surface area contributed by atoms with Crippen molar-refractivity contribution in [1.29, 1.82) is 0 Å². The van der Waals surface area contributed by atoms with Crippen LogP contribution >= 0.6 is 0 Å². The number of aliphatic hydroxyl groups excluding tert-OH is 1. The number of ether oxygens (including phenoxy) is 1. The van der Waals surface area contributed by atoms with Crippen LogP contribution in [0.15, 0.2) is 48.5 Å². The van der Waals surface area contributed by atoms with E-state index in [0.717, 1.165) is 23.3 Å². The van der Waals surface area contributed by atoms with Gasteiger partial charge in [0, 0.05) is 5.56 Å². The lowest BCUT2D eigenvalue weighted by molar-refractivity contribution is 0.259. The molecule has 0 radical (unpaired) electrons. The fourth-order valence-corrected chi connectivity index (χ4v) is 3.07. The van der Waals surface area contributed by atoms with Gasteiger partial charge in [-0.25, -0.2) is 0 Å². The van der Waals surface area contributed by atoms with E-state index in [0.29, 0.717) is 6.61 Å². The molecule has 1 N–H and O–H groups in total. The number of unbranched alkanes of at least 4 members (excludes halogenated alkanes) is 6. The second-order valence-electron chi connectivity index (χ2n) is 6.75. The molecule has 2 heteroatoms. The predicted molar refractivity (Wildman–Crippen MR) is 105 cm³/mol. The third-order valence-corrected chi connectivity index (χ3v) is 4.60. The molecular weight excluding hydrogens is 308 g/mol. The van der Waals surface area contributed by atoms with Gasteiger partial charge in [-0.15, -0.1) is 0 Å². The molecule has 0 fully saturated rings. The SMILES string of the molecule is CCCCCCCCCc1ccc(OCc2ccccc2)c(CO)c1. The van der Waals surface area contributed by atoms with Crippen LogP contribution in [0.3, 0.4) is 0 Å². The molecule has 0 aliphatic carbocycles. The Bertz CT molecular complexity index is 592. The van der Waals surface area contributed by atoms with Crippen molar-refractivity contribution in [2.45, 2.75) is 71.5 Å². The molecule has 136 valence electrons. The molecule has 0 aliphatic rings. The lowest BCUT2D eigenvalue weighted by atomic mass is 10.0. The molecule has 0 aliphatic heterocycles. The van der Waals surface area contributed by atoms with Crippen LogP contribution in [-0.2, 0) is 19.6 Å². The van der Waals surface area contributed by atoms with Crippen molar-refractivity contribution in [1.82, 2.24) is 0 Å². The Hall–Kier alpha value is -1.80. The van der Waals surface area contributed by atoms with Gasteiger partial charge in [-0.3, -0.25) is 0 Å². The summed E-state index contributed by atoms with van der Waals surface area (Å²) in [7, 11) is 0. The van der Waals surface area contributed by atoms with E-state index in [1.54, 1.807) is 0 Å². The number of rotatable bonds is 12. The molecule has 0 saturated carbocycles. The van der Waals surface area contributed by atoms with Gasteiger partial charge in [0.2, 0.25) is 0 Å². The molecule has 2 nitrogen and oxygen atoms in total. The number of hydrogen-bond donors (Lipinski definition) is 1. The smallest absolute Gasteiger partial charge is 0.125 e. The van der Waals surface area contributed by atoms with Gasteiger partial charge in [0.05, 0.1) is 6.61 Å². The van der Waals surface area contributed by atoms with Crippen molar-refractivity contribution in [2.75, 3.05) is 0 Å². The average Bonchev–Trinajstić information content (AvgIpc) is 2.66. The lowest BCUT2D eigenvalue weighted by Gasteiger charge is -2.12. The zero-order valence-electron chi connectivity index (χ0n) is 15.5. The first-order valence-corrected chi connectivity index (χ1v) is 9.73. The molecule has 25 heavy (non-hydrogen) atoms. The molecule has 2 aromatic carbocycles. The van der Waals surface area contributed by atoms with Gasteiger partial charge in [-0.1, -0.05) is 81.8 Å². The second-order valence-corrected chi connectivity index (χ2v) is 6.75. The van der Waals surface area contributed by atoms with Crippen LogP contribution in [0.25, 0.3) is 0 Å². The maximum absolute atomic E-state index is 9.65. The van der Waals surface area contributed by atoms with E-state index < -0.39 is 0 Å². The van der Waals surface area contributed by atoms with Crippen molar-refractivity contribution < 1.29 is 9.84 Å². The van der Waals surface area contributed by atoms with E-state index in [1.165, 1.54) is 50.5 Å². The highest BCUT2D eigenvalue weighted by Crippen LogP contribution is 2.23. The first kappa shape index (κ1) is 19.5. The van der Waals surface area contributed by atoms with Crippen LogP contribution in [0.4, 0.5) is 0 Å². The van der Waals surface area contributed by atoms with Crippen molar-refractivity contribution in [3.63, 3.8) is 0 Å². The summed E-state index contributed by atoms with van der Waals surface area (Å²) >= 11 is 0. The van der Waals surface area contributed by atoms with Crippen LogP contribution in [-0.4, -0.2) is 5.11 Å². The fraction of sp³-hybridized carbons (Fsp3) is 0.478. The summed E-state index contributed by atoms with van der Waals surface area (Å²) in [6.07, 6.45) is 10.4. The normalized spacial score (nSPS) is 10.8. The van der Waals surface area contributed by atoms with Crippen molar-refractivity contribution >= 4 is 0 Å². The fourth-order valence-electron chi connectivity index (χ4n) is 3.07. The van der Waals surface area contributed by atoms with Crippen LogP contribution in [0.1, 0.15) is 68.6 Å². The minimum Gasteiger partial charge on any atom is -0.489 e. The Kier molecular flexibility index (Phi) is 9.14. The minimum absolute atomic E-state index is 0.0228. The molecule has 0 atom stereocenters. The maximum atomic E-state index is 9.65. The molecule has 2 aromatic rings. The number of aliphatic hydroxyl groups is 1. The lowest BCUT2D eigenvalue weighted by Crippen LogP contribution is -2.00. The summed E-state index contributed by atoms with van der Waals surface area (Å²) in [5.41, 5.74) is 3.32. The van der Waals surface area contributed by atoms with E-state index in [1.807, 2.05) is 36.4 Å². The van der Waals surface area contributed by atoms with Crippen molar-refractivity contribution in [3.8, 4) is 5.75 Å². The summed E-state index contributed by atoms with van der Waals surface area (Å²) in [6.45, 7) is 2.81. The minimum atomic E-state index is 0.0228. The Labute approximate surface area is 152 Å².